The van der Waals surface area contributed by atoms with Crippen molar-refractivity contribution in [2.45, 2.75) is 31.2 Å². The van der Waals surface area contributed by atoms with Gasteiger partial charge in [0.1, 0.15) is 5.03 Å². The fourth-order valence-corrected chi connectivity index (χ4v) is 4.85. The SMILES string of the molecule is Cc1cc(C)cc(-n2ncc(-c3nnn(Cc4ccccc4)n3)c2SCc2ccccc2)c1. The van der Waals surface area contributed by atoms with Crippen LogP contribution in [0, 0.1) is 13.8 Å². The van der Waals surface area contributed by atoms with E-state index in [0.717, 1.165) is 27.6 Å². The molecule has 3 aromatic carbocycles. The topological polar surface area (TPSA) is 61.4 Å². The van der Waals surface area contributed by atoms with Crippen LogP contribution in [-0.2, 0) is 12.3 Å². The molecule has 2 heterocycles. The predicted octanol–water partition coefficient (Wildman–Crippen LogP) is 5.48. The largest absolute Gasteiger partial charge is 0.226 e. The maximum atomic E-state index is 4.73. The highest BCUT2D eigenvalue weighted by atomic mass is 32.2. The monoisotopic (exact) mass is 452 g/mol. The molecule has 0 saturated heterocycles. The Balaban J connectivity index is 1.51. The number of hydrogen-bond donors (Lipinski definition) is 0. The highest BCUT2D eigenvalue weighted by Crippen LogP contribution is 2.34. The van der Waals surface area contributed by atoms with E-state index < -0.39 is 0 Å². The second kappa shape index (κ2) is 9.42. The maximum Gasteiger partial charge on any atom is 0.209 e. The molecule has 0 aliphatic rings. The van der Waals surface area contributed by atoms with Gasteiger partial charge in [-0.05, 0) is 53.4 Å². The highest BCUT2D eigenvalue weighted by Gasteiger charge is 2.19. The normalized spacial score (nSPS) is 11.1. The van der Waals surface area contributed by atoms with Crippen molar-refractivity contribution in [3.05, 3.63) is 107 Å². The lowest BCUT2D eigenvalue weighted by atomic mass is 10.1. The zero-order valence-corrected chi connectivity index (χ0v) is 19.4. The molecule has 0 unspecified atom stereocenters. The smallest absolute Gasteiger partial charge is 0.209 e. The number of hydrogen-bond acceptors (Lipinski definition) is 5. The van der Waals surface area contributed by atoms with Gasteiger partial charge >= 0.3 is 0 Å². The molecule has 7 heteroatoms. The van der Waals surface area contributed by atoms with Crippen LogP contribution in [0.1, 0.15) is 22.3 Å². The molecule has 0 radical (unpaired) electrons. The molecule has 2 aromatic heterocycles. The second-order valence-electron chi connectivity index (χ2n) is 8.02. The number of benzene rings is 3. The average molecular weight is 453 g/mol. The Hall–Kier alpha value is -3.71. The molecule has 33 heavy (non-hydrogen) atoms. The fourth-order valence-electron chi connectivity index (χ4n) is 3.78. The summed E-state index contributed by atoms with van der Waals surface area (Å²) in [5, 5.41) is 19.0. The van der Waals surface area contributed by atoms with Gasteiger partial charge in [-0.25, -0.2) is 4.68 Å². The standard InChI is InChI=1S/C26H24N6S/c1-19-13-20(2)15-23(14-19)32-26(33-18-22-11-7-4-8-12-22)24(16-27-32)25-28-30-31(29-25)17-21-9-5-3-6-10-21/h3-16H,17-18H2,1-2H3. The molecular formula is C26H24N6S. The Bertz CT molecular complexity index is 1340. The van der Waals surface area contributed by atoms with E-state index in [1.165, 1.54) is 16.7 Å². The summed E-state index contributed by atoms with van der Waals surface area (Å²) >= 11 is 1.73. The van der Waals surface area contributed by atoms with E-state index in [-0.39, 0.29) is 0 Å². The van der Waals surface area contributed by atoms with E-state index in [9.17, 15) is 0 Å². The first-order chi connectivity index (χ1) is 16.2. The number of nitrogens with zero attached hydrogens (tertiary/aromatic N) is 6. The van der Waals surface area contributed by atoms with Crippen molar-refractivity contribution in [3.63, 3.8) is 0 Å². The van der Waals surface area contributed by atoms with Gasteiger partial charge in [0, 0.05) is 5.75 Å². The molecule has 0 fully saturated rings. The summed E-state index contributed by atoms with van der Waals surface area (Å²) in [6, 6.07) is 27.0. The minimum absolute atomic E-state index is 0.575. The lowest BCUT2D eigenvalue weighted by Crippen LogP contribution is -2.03. The first kappa shape index (κ1) is 21.2. The van der Waals surface area contributed by atoms with Crippen LogP contribution in [0.2, 0.25) is 0 Å². The molecule has 0 bridgehead atoms. The van der Waals surface area contributed by atoms with Gasteiger partial charge in [0.25, 0.3) is 0 Å². The lowest BCUT2D eigenvalue weighted by molar-refractivity contribution is 0.573. The van der Waals surface area contributed by atoms with Crippen LogP contribution in [0.3, 0.4) is 0 Å². The van der Waals surface area contributed by atoms with Crippen LogP contribution in [0.25, 0.3) is 17.1 Å². The Labute approximate surface area is 197 Å². The molecule has 5 rings (SSSR count). The Morgan fingerprint density at radius 1 is 0.818 bits per heavy atom. The molecule has 6 nitrogen and oxygen atoms in total. The van der Waals surface area contributed by atoms with Gasteiger partial charge < -0.3 is 0 Å². The van der Waals surface area contributed by atoms with E-state index in [1.807, 2.05) is 35.1 Å². The number of aromatic nitrogens is 6. The Kier molecular flexibility index (Phi) is 6.04. The van der Waals surface area contributed by atoms with E-state index in [1.54, 1.807) is 16.6 Å². The zero-order chi connectivity index (χ0) is 22.6. The third-order valence-electron chi connectivity index (χ3n) is 5.26. The summed E-state index contributed by atoms with van der Waals surface area (Å²) in [6.07, 6.45) is 1.84. The van der Waals surface area contributed by atoms with Crippen LogP contribution < -0.4 is 0 Å². The number of rotatable bonds is 7. The van der Waals surface area contributed by atoms with Crippen LogP contribution in [0.15, 0.2) is 90.1 Å². The van der Waals surface area contributed by atoms with Gasteiger partial charge in [0.05, 0.1) is 24.0 Å². The minimum atomic E-state index is 0.575. The van der Waals surface area contributed by atoms with Crippen molar-refractivity contribution < 1.29 is 0 Å². The second-order valence-corrected chi connectivity index (χ2v) is 8.99. The molecule has 0 aliphatic carbocycles. The number of thioether (sulfide) groups is 1. The van der Waals surface area contributed by atoms with Crippen LogP contribution in [-0.4, -0.2) is 30.0 Å². The lowest BCUT2D eigenvalue weighted by Gasteiger charge is -2.10. The first-order valence-corrected chi connectivity index (χ1v) is 11.8. The molecule has 0 atom stereocenters. The minimum Gasteiger partial charge on any atom is -0.226 e. The van der Waals surface area contributed by atoms with Gasteiger partial charge in [0.2, 0.25) is 5.82 Å². The average Bonchev–Trinajstić information content (AvgIpc) is 3.45. The van der Waals surface area contributed by atoms with Gasteiger partial charge in [-0.15, -0.1) is 22.0 Å². The zero-order valence-electron chi connectivity index (χ0n) is 18.6. The van der Waals surface area contributed by atoms with Gasteiger partial charge in [0.15, 0.2) is 0 Å². The Morgan fingerprint density at radius 3 is 2.18 bits per heavy atom. The van der Waals surface area contributed by atoms with Crippen molar-refractivity contribution >= 4 is 11.8 Å². The number of aryl methyl sites for hydroxylation is 2. The molecule has 0 saturated carbocycles. The van der Waals surface area contributed by atoms with Gasteiger partial charge in [-0.3, -0.25) is 0 Å². The van der Waals surface area contributed by atoms with E-state index >= 15 is 0 Å². The Morgan fingerprint density at radius 2 is 1.48 bits per heavy atom. The molecular weight excluding hydrogens is 428 g/mol. The third kappa shape index (κ3) is 4.88. The summed E-state index contributed by atoms with van der Waals surface area (Å²) in [5.74, 6) is 1.40. The van der Waals surface area contributed by atoms with E-state index in [4.69, 9.17) is 5.10 Å². The summed E-state index contributed by atoms with van der Waals surface area (Å²) in [4.78, 5) is 1.63. The maximum absolute atomic E-state index is 4.73. The third-order valence-corrected chi connectivity index (χ3v) is 6.40. The van der Waals surface area contributed by atoms with Crippen LogP contribution in [0.5, 0.6) is 0 Å². The molecule has 164 valence electrons. The van der Waals surface area contributed by atoms with Crippen molar-refractivity contribution in [1.29, 1.82) is 0 Å². The van der Waals surface area contributed by atoms with Crippen LogP contribution >= 0.6 is 11.8 Å². The summed E-state index contributed by atoms with van der Waals surface area (Å²) in [7, 11) is 0. The summed E-state index contributed by atoms with van der Waals surface area (Å²) < 4.78 is 1.99. The first-order valence-electron chi connectivity index (χ1n) is 10.8. The van der Waals surface area contributed by atoms with Crippen molar-refractivity contribution in [3.8, 4) is 17.1 Å². The van der Waals surface area contributed by atoms with E-state index in [2.05, 4.69) is 83.9 Å². The molecule has 0 aliphatic heterocycles. The molecule has 0 spiro atoms. The quantitative estimate of drug-likeness (QED) is 0.306. The van der Waals surface area contributed by atoms with Crippen LogP contribution in [0.4, 0.5) is 0 Å². The summed E-state index contributed by atoms with van der Waals surface area (Å²) in [5.41, 5.74) is 6.70. The molecule has 5 aromatic rings. The van der Waals surface area contributed by atoms with Gasteiger partial charge in [-0.1, -0.05) is 66.7 Å². The molecule has 0 N–H and O–H groups in total. The van der Waals surface area contributed by atoms with E-state index in [0.29, 0.717) is 12.4 Å². The number of tetrazole rings is 1. The van der Waals surface area contributed by atoms with Gasteiger partial charge in [-0.2, -0.15) is 9.90 Å². The molecule has 0 amide bonds. The predicted molar refractivity (Wildman–Crippen MR) is 131 cm³/mol. The van der Waals surface area contributed by atoms with Crippen molar-refractivity contribution in [2.75, 3.05) is 0 Å². The van der Waals surface area contributed by atoms with Crippen molar-refractivity contribution in [2.24, 2.45) is 0 Å². The highest BCUT2D eigenvalue weighted by molar-refractivity contribution is 7.98. The summed E-state index contributed by atoms with van der Waals surface area (Å²) in [6.45, 7) is 4.79. The van der Waals surface area contributed by atoms with Crippen molar-refractivity contribution in [1.82, 2.24) is 30.0 Å². The fraction of sp³-hybridized carbons (Fsp3) is 0.154.